The van der Waals surface area contributed by atoms with Gasteiger partial charge in [0.1, 0.15) is 0 Å². The first-order valence-electron chi connectivity index (χ1n) is 10.8. The Balaban J connectivity index is 1.36. The maximum atomic E-state index is 12.7. The highest BCUT2D eigenvalue weighted by molar-refractivity contribution is 6.34. The van der Waals surface area contributed by atoms with E-state index in [-0.39, 0.29) is 28.9 Å². The van der Waals surface area contributed by atoms with Crippen molar-refractivity contribution in [2.75, 3.05) is 4.90 Å². The van der Waals surface area contributed by atoms with E-state index in [0.29, 0.717) is 0 Å². The SMILES string of the molecule is CC(OC(=O)c1cccc(N2C(=O)c3ccccc3C2=O)c1)C(=O)NC(=O)NCc1ccccc1. The lowest BCUT2D eigenvalue weighted by atomic mass is 10.1. The van der Waals surface area contributed by atoms with Crippen molar-refractivity contribution in [3.63, 3.8) is 0 Å². The van der Waals surface area contributed by atoms with E-state index in [1.807, 2.05) is 30.3 Å². The van der Waals surface area contributed by atoms with E-state index in [4.69, 9.17) is 4.74 Å². The molecular weight excluding hydrogens is 450 g/mol. The van der Waals surface area contributed by atoms with Crippen molar-refractivity contribution in [1.82, 2.24) is 10.6 Å². The summed E-state index contributed by atoms with van der Waals surface area (Å²) in [6.07, 6.45) is -1.27. The van der Waals surface area contributed by atoms with Crippen molar-refractivity contribution in [1.29, 1.82) is 0 Å². The van der Waals surface area contributed by atoms with E-state index in [1.165, 1.54) is 31.2 Å². The van der Waals surface area contributed by atoms with Gasteiger partial charge in [0.2, 0.25) is 0 Å². The van der Waals surface area contributed by atoms with Gasteiger partial charge in [0.15, 0.2) is 6.10 Å². The minimum atomic E-state index is -1.27. The van der Waals surface area contributed by atoms with Crippen LogP contribution in [0.15, 0.2) is 78.9 Å². The molecule has 1 atom stereocenters. The molecule has 0 fully saturated rings. The second-order valence-electron chi connectivity index (χ2n) is 7.75. The minimum Gasteiger partial charge on any atom is -0.449 e. The summed E-state index contributed by atoms with van der Waals surface area (Å²) < 4.78 is 5.18. The predicted octanol–water partition coefficient (Wildman–Crippen LogP) is 3.06. The van der Waals surface area contributed by atoms with E-state index in [1.54, 1.807) is 24.3 Å². The van der Waals surface area contributed by atoms with Gasteiger partial charge in [-0.15, -0.1) is 0 Å². The zero-order valence-corrected chi connectivity index (χ0v) is 18.7. The zero-order valence-electron chi connectivity index (χ0n) is 18.7. The first kappa shape index (κ1) is 23.4. The lowest BCUT2D eigenvalue weighted by Crippen LogP contribution is -2.44. The fraction of sp³-hybridized carbons (Fsp3) is 0.115. The number of imide groups is 2. The van der Waals surface area contributed by atoms with Crippen LogP contribution < -0.4 is 15.5 Å². The molecule has 1 unspecified atom stereocenters. The fourth-order valence-corrected chi connectivity index (χ4v) is 3.51. The number of carbonyl (C=O) groups excluding carboxylic acids is 5. The summed E-state index contributed by atoms with van der Waals surface area (Å²) in [5.41, 5.74) is 1.64. The van der Waals surface area contributed by atoms with Crippen LogP contribution in [0.4, 0.5) is 10.5 Å². The number of rotatable bonds is 6. The Bertz CT molecular complexity index is 1290. The summed E-state index contributed by atoms with van der Waals surface area (Å²) in [5, 5.41) is 4.66. The fourth-order valence-electron chi connectivity index (χ4n) is 3.51. The molecule has 1 heterocycles. The number of hydrogen-bond donors (Lipinski definition) is 2. The molecule has 176 valence electrons. The predicted molar refractivity (Wildman–Crippen MR) is 126 cm³/mol. The molecule has 0 bridgehead atoms. The molecule has 9 heteroatoms. The van der Waals surface area contributed by atoms with Crippen molar-refractivity contribution in [2.45, 2.75) is 19.6 Å². The molecule has 3 aromatic rings. The third-order valence-corrected chi connectivity index (χ3v) is 5.32. The number of amides is 5. The van der Waals surface area contributed by atoms with Gasteiger partial charge in [0, 0.05) is 6.54 Å². The van der Waals surface area contributed by atoms with E-state index in [9.17, 15) is 24.0 Å². The molecular formula is C26H21N3O6. The molecule has 0 spiro atoms. The van der Waals surface area contributed by atoms with Crippen LogP contribution in [0.25, 0.3) is 0 Å². The number of urea groups is 1. The van der Waals surface area contributed by atoms with Gasteiger partial charge in [-0.3, -0.25) is 19.7 Å². The lowest BCUT2D eigenvalue weighted by Gasteiger charge is -2.16. The van der Waals surface area contributed by atoms with E-state index in [2.05, 4.69) is 10.6 Å². The highest BCUT2D eigenvalue weighted by Crippen LogP contribution is 2.28. The minimum absolute atomic E-state index is 0.0345. The number of anilines is 1. The molecule has 35 heavy (non-hydrogen) atoms. The molecule has 1 aliphatic heterocycles. The zero-order chi connectivity index (χ0) is 24.9. The van der Waals surface area contributed by atoms with Crippen LogP contribution in [0.5, 0.6) is 0 Å². The largest absolute Gasteiger partial charge is 0.449 e. The van der Waals surface area contributed by atoms with Crippen LogP contribution in [0.2, 0.25) is 0 Å². The van der Waals surface area contributed by atoms with Crippen molar-refractivity contribution >= 4 is 35.4 Å². The van der Waals surface area contributed by atoms with E-state index < -0.39 is 35.8 Å². The average molecular weight is 471 g/mol. The number of hydrogen-bond acceptors (Lipinski definition) is 6. The van der Waals surface area contributed by atoms with Gasteiger partial charge in [0.05, 0.1) is 22.4 Å². The molecule has 9 nitrogen and oxygen atoms in total. The highest BCUT2D eigenvalue weighted by Gasteiger charge is 2.36. The number of fused-ring (bicyclic) bond motifs is 1. The van der Waals surface area contributed by atoms with Crippen LogP contribution in [0, 0.1) is 0 Å². The number of benzene rings is 3. The van der Waals surface area contributed by atoms with Crippen molar-refractivity contribution < 1.29 is 28.7 Å². The number of ether oxygens (including phenoxy) is 1. The van der Waals surface area contributed by atoms with Crippen molar-refractivity contribution in [3.05, 3.63) is 101 Å². The van der Waals surface area contributed by atoms with Gasteiger partial charge in [-0.2, -0.15) is 0 Å². The van der Waals surface area contributed by atoms with Crippen LogP contribution in [-0.4, -0.2) is 35.8 Å². The Morgan fingerprint density at radius 3 is 2.14 bits per heavy atom. The number of nitrogens with zero attached hydrogens (tertiary/aromatic N) is 1. The van der Waals surface area contributed by atoms with Crippen LogP contribution >= 0.6 is 0 Å². The number of carbonyl (C=O) groups is 5. The molecule has 0 aliphatic carbocycles. The summed E-state index contributed by atoms with van der Waals surface area (Å²) in [6.45, 7) is 1.55. The molecule has 2 N–H and O–H groups in total. The maximum Gasteiger partial charge on any atom is 0.338 e. The first-order valence-corrected chi connectivity index (χ1v) is 10.8. The molecule has 0 aromatic heterocycles. The molecule has 0 saturated carbocycles. The van der Waals surface area contributed by atoms with Gasteiger partial charge in [-0.1, -0.05) is 48.5 Å². The number of esters is 1. The molecule has 5 amide bonds. The second-order valence-corrected chi connectivity index (χ2v) is 7.75. The maximum absolute atomic E-state index is 12.7. The summed E-state index contributed by atoms with van der Waals surface area (Å²) in [5.74, 6) is -2.65. The second kappa shape index (κ2) is 10.0. The van der Waals surface area contributed by atoms with Gasteiger partial charge < -0.3 is 10.1 Å². The van der Waals surface area contributed by atoms with Gasteiger partial charge in [-0.05, 0) is 42.8 Å². The smallest absolute Gasteiger partial charge is 0.338 e. The normalized spacial score (nSPS) is 13.1. The molecule has 1 aliphatic rings. The van der Waals surface area contributed by atoms with Crippen LogP contribution in [-0.2, 0) is 16.1 Å². The summed E-state index contributed by atoms with van der Waals surface area (Å²) in [6, 6.07) is 20.6. The van der Waals surface area contributed by atoms with Crippen molar-refractivity contribution in [2.24, 2.45) is 0 Å². The molecule has 4 rings (SSSR count). The first-order chi connectivity index (χ1) is 16.8. The van der Waals surface area contributed by atoms with E-state index >= 15 is 0 Å². The third-order valence-electron chi connectivity index (χ3n) is 5.32. The molecule has 0 saturated heterocycles. The summed E-state index contributed by atoms with van der Waals surface area (Å²) in [7, 11) is 0. The summed E-state index contributed by atoms with van der Waals surface area (Å²) >= 11 is 0. The van der Waals surface area contributed by atoms with Gasteiger partial charge >= 0.3 is 12.0 Å². The quantitative estimate of drug-likeness (QED) is 0.421. The Labute approximate surface area is 200 Å². The number of nitrogens with one attached hydrogen (secondary N) is 2. The Kier molecular flexibility index (Phi) is 6.68. The Morgan fingerprint density at radius 1 is 0.857 bits per heavy atom. The highest BCUT2D eigenvalue weighted by atomic mass is 16.5. The lowest BCUT2D eigenvalue weighted by molar-refractivity contribution is -0.127. The van der Waals surface area contributed by atoms with Crippen LogP contribution in [0.3, 0.4) is 0 Å². The van der Waals surface area contributed by atoms with Gasteiger partial charge in [0.25, 0.3) is 17.7 Å². The van der Waals surface area contributed by atoms with Crippen LogP contribution in [0.1, 0.15) is 43.6 Å². The molecule has 0 radical (unpaired) electrons. The average Bonchev–Trinajstić information content (AvgIpc) is 3.13. The van der Waals surface area contributed by atoms with Crippen molar-refractivity contribution in [3.8, 4) is 0 Å². The van der Waals surface area contributed by atoms with E-state index in [0.717, 1.165) is 10.5 Å². The van der Waals surface area contributed by atoms with Gasteiger partial charge in [-0.25, -0.2) is 14.5 Å². The monoisotopic (exact) mass is 471 g/mol. The third kappa shape index (κ3) is 5.09. The summed E-state index contributed by atoms with van der Waals surface area (Å²) in [4.78, 5) is 63.2. The Morgan fingerprint density at radius 2 is 1.49 bits per heavy atom. The Hall–Kier alpha value is -4.79. The topological polar surface area (TPSA) is 122 Å². The standard InChI is InChI=1S/C26H21N3O6/c1-16(22(30)28-26(34)27-15-17-8-3-2-4-9-17)35-25(33)18-10-7-11-19(14-18)29-23(31)20-12-5-6-13-21(20)24(29)32/h2-14,16H,15H2,1H3,(H2,27,28,30,34). The molecule has 3 aromatic carbocycles.